The van der Waals surface area contributed by atoms with Gasteiger partial charge in [0.15, 0.2) is 0 Å². The highest BCUT2D eigenvalue weighted by atomic mass is 16.3. The molecular formula is C34H40N6O4. The number of hydrogen-bond acceptors (Lipinski definition) is 6. The first kappa shape index (κ1) is 29.5. The first-order chi connectivity index (χ1) is 21.3. The Bertz CT molecular complexity index is 1490. The third kappa shape index (κ3) is 5.94. The number of benzene rings is 3. The number of carbonyl (C=O) groups excluding carboxylic acids is 3. The van der Waals surface area contributed by atoms with Crippen LogP contribution in [0, 0.1) is 0 Å². The molecule has 230 valence electrons. The van der Waals surface area contributed by atoms with Gasteiger partial charge in [-0.15, -0.1) is 0 Å². The minimum atomic E-state index is -0.812. The van der Waals surface area contributed by atoms with Gasteiger partial charge in [0.1, 0.15) is 18.0 Å². The number of amides is 4. The van der Waals surface area contributed by atoms with Crippen LogP contribution in [-0.4, -0.2) is 88.2 Å². The summed E-state index contributed by atoms with van der Waals surface area (Å²) in [4.78, 5) is 47.5. The maximum Gasteiger partial charge on any atom is 0.334 e. The largest absolute Gasteiger partial charge is 0.508 e. The summed E-state index contributed by atoms with van der Waals surface area (Å²) in [5.74, 6) is -0.229. The lowest BCUT2D eigenvalue weighted by Crippen LogP contribution is -2.76. The van der Waals surface area contributed by atoms with Gasteiger partial charge in [0.25, 0.3) is 0 Å². The number of piperazine rings is 1. The van der Waals surface area contributed by atoms with E-state index in [-0.39, 0.29) is 49.1 Å². The van der Waals surface area contributed by atoms with Gasteiger partial charge in [-0.1, -0.05) is 54.6 Å². The van der Waals surface area contributed by atoms with Gasteiger partial charge < -0.3 is 25.1 Å². The van der Waals surface area contributed by atoms with Crippen LogP contribution in [-0.2, 0) is 22.6 Å². The Labute approximate surface area is 258 Å². The lowest BCUT2D eigenvalue weighted by Gasteiger charge is -2.55. The topological polar surface area (TPSA) is 99.7 Å². The highest BCUT2D eigenvalue weighted by Gasteiger charge is 2.51. The third-order valence-corrected chi connectivity index (χ3v) is 9.04. The van der Waals surface area contributed by atoms with E-state index in [0.29, 0.717) is 6.54 Å². The molecule has 0 bridgehead atoms. The van der Waals surface area contributed by atoms with Gasteiger partial charge in [-0.3, -0.25) is 9.59 Å². The number of hydrogen-bond donors (Lipinski definition) is 2. The van der Waals surface area contributed by atoms with Crippen LogP contribution >= 0.6 is 0 Å². The predicted octanol–water partition coefficient (Wildman–Crippen LogP) is 3.73. The fraction of sp³-hybridized carbons (Fsp3) is 0.382. The molecule has 3 atom stereocenters. The molecule has 4 amide bonds. The van der Waals surface area contributed by atoms with Crippen LogP contribution < -0.4 is 10.2 Å². The average Bonchev–Trinajstić information content (AvgIpc) is 3.58. The molecule has 0 aromatic heterocycles. The van der Waals surface area contributed by atoms with Crippen molar-refractivity contribution in [1.29, 1.82) is 0 Å². The van der Waals surface area contributed by atoms with E-state index < -0.39 is 12.2 Å². The molecule has 10 heteroatoms. The Morgan fingerprint density at radius 2 is 1.68 bits per heavy atom. The zero-order valence-corrected chi connectivity index (χ0v) is 25.3. The Kier molecular flexibility index (Phi) is 8.43. The number of nitrogens with one attached hydrogen (secondary N) is 1. The quantitative estimate of drug-likeness (QED) is 0.431. The lowest BCUT2D eigenvalue weighted by atomic mass is 9.96. The van der Waals surface area contributed by atoms with Gasteiger partial charge in [0.2, 0.25) is 11.8 Å². The molecule has 3 aliphatic heterocycles. The number of nitrogens with zero attached hydrogens (tertiary/aromatic N) is 5. The van der Waals surface area contributed by atoms with Crippen LogP contribution in [0.3, 0.4) is 0 Å². The molecule has 3 aromatic carbocycles. The fourth-order valence-electron chi connectivity index (χ4n) is 6.66. The molecule has 0 spiro atoms. The van der Waals surface area contributed by atoms with Gasteiger partial charge in [0, 0.05) is 38.8 Å². The fourth-order valence-corrected chi connectivity index (χ4v) is 6.66. The molecule has 10 nitrogen and oxygen atoms in total. The van der Waals surface area contributed by atoms with E-state index >= 15 is 0 Å². The molecule has 6 rings (SSSR count). The first-order valence-corrected chi connectivity index (χ1v) is 15.4. The zero-order valence-electron chi connectivity index (χ0n) is 25.3. The zero-order chi connectivity index (χ0) is 30.8. The van der Waals surface area contributed by atoms with Crippen molar-refractivity contribution in [2.45, 2.75) is 51.0 Å². The molecule has 2 N–H and O–H groups in total. The number of anilines is 1. The van der Waals surface area contributed by atoms with E-state index in [9.17, 15) is 19.5 Å². The number of phenols is 1. The number of phenolic OH excluding ortho intramolecular Hbond substituents is 1. The monoisotopic (exact) mass is 596 g/mol. The van der Waals surface area contributed by atoms with Crippen molar-refractivity contribution in [2.24, 2.45) is 0 Å². The molecule has 0 unspecified atom stereocenters. The Hall–Kier alpha value is -4.57. The van der Waals surface area contributed by atoms with Gasteiger partial charge in [-0.05, 0) is 60.7 Å². The summed E-state index contributed by atoms with van der Waals surface area (Å²) in [7, 11) is 1.73. The normalized spacial score (nSPS) is 21.4. The van der Waals surface area contributed by atoms with E-state index in [1.54, 1.807) is 46.2 Å². The number of urea groups is 1. The predicted molar refractivity (Wildman–Crippen MR) is 167 cm³/mol. The van der Waals surface area contributed by atoms with Crippen molar-refractivity contribution in [1.82, 2.24) is 25.1 Å². The standard InChI is InChI=1S/C34H40N6O4/c1-24(27-11-8-12-28(20-27)37-17-6-7-18-37)38-22-31-39(30(33(38)43)19-25-13-15-29(41)16-14-25)32(42)23-36(2)40(31)34(44)35-21-26-9-4-3-5-10-26/h3-5,8-16,20,24,30-31,41H,6-7,17-19,21-23H2,1-2H3,(H,35,44)/t24-,30-,31-/m0/s1. The van der Waals surface area contributed by atoms with Crippen molar-refractivity contribution in [3.63, 3.8) is 0 Å². The summed E-state index contributed by atoms with van der Waals surface area (Å²) < 4.78 is 0. The van der Waals surface area contributed by atoms with E-state index in [0.717, 1.165) is 35.5 Å². The van der Waals surface area contributed by atoms with Gasteiger partial charge in [0.05, 0.1) is 19.1 Å². The minimum absolute atomic E-state index is 0.0257. The van der Waals surface area contributed by atoms with Gasteiger partial charge in [-0.25, -0.2) is 14.8 Å². The van der Waals surface area contributed by atoms with Crippen LogP contribution in [0.2, 0.25) is 0 Å². The number of likely N-dealkylation sites (N-methyl/N-ethyl adjacent to an activating group) is 1. The molecule has 3 heterocycles. The second kappa shape index (κ2) is 12.6. The number of carbonyl (C=O) groups is 3. The van der Waals surface area contributed by atoms with Crippen LogP contribution in [0.25, 0.3) is 0 Å². The van der Waals surface area contributed by atoms with Crippen molar-refractivity contribution in [2.75, 3.05) is 38.1 Å². The second-order valence-electron chi connectivity index (χ2n) is 11.9. The first-order valence-electron chi connectivity index (χ1n) is 15.4. The van der Waals surface area contributed by atoms with Crippen LogP contribution in [0.15, 0.2) is 78.9 Å². The molecule has 3 saturated heterocycles. The van der Waals surface area contributed by atoms with Crippen LogP contribution in [0.1, 0.15) is 42.5 Å². The number of aromatic hydroxyl groups is 1. The maximum absolute atomic E-state index is 14.4. The summed E-state index contributed by atoms with van der Waals surface area (Å²) in [5.41, 5.74) is 3.94. The third-order valence-electron chi connectivity index (χ3n) is 9.04. The SMILES string of the molecule is C[C@@H](c1cccc(N2CCCC2)c1)N1C[C@H]2N(C(=O)CN(C)N2C(=O)NCc2ccccc2)[C@@H](Cc2ccc(O)cc2)C1=O. The van der Waals surface area contributed by atoms with E-state index in [4.69, 9.17) is 0 Å². The summed E-state index contributed by atoms with van der Waals surface area (Å²) in [5, 5.41) is 16.1. The smallest absolute Gasteiger partial charge is 0.334 e. The van der Waals surface area contributed by atoms with Crippen molar-refractivity contribution in [3.05, 3.63) is 95.6 Å². The highest BCUT2D eigenvalue weighted by Crippen LogP contribution is 2.34. The minimum Gasteiger partial charge on any atom is -0.508 e. The lowest BCUT2D eigenvalue weighted by molar-refractivity contribution is -0.189. The second-order valence-corrected chi connectivity index (χ2v) is 11.9. The Morgan fingerprint density at radius 3 is 2.41 bits per heavy atom. The van der Waals surface area contributed by atoms with Crippen LogP contribution in [0.4, 0.5) is 10.5 Å². The Balaban J connectivity index is 1.33. The van der Waals surface area contributed by atoms with Crippen molar-refractivity contribution >= 4 is 23.5 Å². The van der Waals surface area contributed by atoms with E-state index in [1.165, 1.54) is 12.8 Å². The maximum atomic E-state index is 14.4. The molecule has 3 aromatic rings. The average molecular weight is 597 g/mol. The molecule has 3 aliphatic rings. The summed E-state index contributed by atoms with van der Waals surface area (Å²) in [6.07, 6.45) is 1.91. The summed E-state index contributed by atoms with van der Waals surface area (Å²) in [6, 6.07) is 23.3. The Morgan fingerprint density at radius 1 is 0.955 bits per heavy atom. The molecular weight excluding hydrogens is 556 g/mol. The molecule has 0 radical (unpaired) electrons. The van der Waals surface area contributed by atoms with Gasteiger partial charge >= 0.3 is 6.03 Å². The van der Waals surface area contributed by atoms with E-state index in [2.05, 4.69) is 22.3 Å². The number of hydrazine groups is 1. The summed E-state index contributed by atoms with van der Waals surface area (Å²) in [6.45, 7) is 4.55. The van der Waals surface area contributed by atoms with Crippen LogP contribution in [0.5, 0.6) is 5.75 Å². The van der Waals surface area contributed by atoms with Crippen molar-refractivity contribution in [3.8, 4) is 5.75 Å². The molecule has 0 aliphatic carbocycles. The van der Waals surface area contributed by atoms with Crippen molar-refractivity contribution < 1.29 is 19.5 Å². The molecule has 3 fully saturated rings. The number of rotatable bonds is 7. The number of fused-ring (bicyclic) bond motifs is 1. The molecule has 44 heavy (non-hydrogen) atoms. The van der Waals surface area contributed by atoms with Gasteiger partial charge in [-0.2, -0.15) is 0 Å². The highest BCUT2D eigenvalue weighted by molar-refractivity contribution is 5.92. The van der Waals surface area contributed by atoms with E-state index in [1.807, 2.05) is 54.3 Å². The summed E-state index contributed by atoms with van der Waals surface area (Å²) >= 11 is 0. The molecule has 0 saturated carbocycles.